The van der Waals surface area contributed by atoms with Crippen molar-refractivity contribution < 1.29 is 14.3 Å². The van der Waals surface area contributed by atoms with Crippen molar-refractivity contribution in [2.45, 2.75) is 63.7 Å². The fourth-order valence-corrected chi connectivity index (χ4v) is 4.37. The third kappa shape index (κ3) is 4.11. The molecule has 0 radical (unpaired) electrons. The van der Waals surface area contributed by atoms with Gasteiger partial charge >= 0.3 is 5.97 Å². The van der Waals surface area contributed by atoms with E-state index in [2.05, 4.69) is 12.1 Å². The SMILES string of the molecule is O=C(Oc1ccc(C2CCCCC2)cc1)C1CCN(C(=O)C2CC2)CC1. The summed E-state index contributed by atoms with van der Waals surface area (Å²) in [4.78, 5) is 26.5. The molecule has 1 aromatic carbocycles. The maximum Gasteiger partial charge on any atom is 0.314 e. The second kappa shape index (κ2) is 7.81. The fourth-order valence-electron chi connectivity index (χ4n) is 4.37. The quantitative estimate of drug-likeness (QED) is 0.598. The summed E-state index contributed by atoms with van der Waals surface area (Å²) in [6.45, 7) is 1.38. The molecule has 0 unspecified atom stereocenters. The highest BCUT2D eigenvalue weighted by atomic mass is 16.5. The van der Waals surface area contributed by atoms with Crippen molar-refractivity contribution in [1.29, 1.82) is 0 Å². The van der Waals surface area contributed by atoms with Gasteiger partial charge in [0.05, 0.1) is 5.92 Å². The predicted molar refractivity (Wildman–Crippen MR) is 99.9 cm³/mol. The Labute approximate surface area is 155 Å². The van der Waals surface area contributed by atoms with Crippen LogP contribution in [0, 0.1) is 11.8 Å². The van der Waals surface area contributed by atoms with Gasteiger partial charge in [-0.05, 0) is 62.1 Å². The second-order valence-corrected chi connectivity index (χ2v) is 8.20. The lowest BCUT2D eigenvalue weighted by molar-refractivity contribution is -0.143. The Morgan fingerprint density at radius 1 is 0.808 bits per heavy atom. The van der Waals surface area contributed by atoms with Gasteiger partial charge in [-0.3, -0.25) is 9.59 Å². The average molecular weight is 355 g/mol. The molecule has 1 saturated heterocycles. The van der Waals surface area contributed by atoms with Gasteiger partial charge < -0.3 is 9.64 Å². The normalized spacial score (nSPS) is 22.2. The van der Waals surface area contributed by atoms with Crippen LogP contribution in [0.25, 0.3) is 0 Å². The number of nitrogens with zero attached hydrogens (tertiary/aromatic N) is 1. The van der Waals surface area contributed by atoms with Crippen molar-refractivity contribution in [3.05, 3.63) is 29.8 Å². The maximum absolute atomic E-state index is 12.5. The van der Waals surface area contributed by atoms with E-state index >= 15 is 0 Å². The molecule has 1 heterocycles. The highest BCUT2D eigenvalue weighted by Gasteiger charge is 2.36. The average Bonchev–Trinajstić information content (AvgIpc) is 3.54. The lowest BCUT2D eigenvalue weighted by atomic mass is 9.84. The summed E-state index contributed by atoms with van der Waals surface area (Å²) >= 11 is 0. The summed E-state index contributed by atoms with van der Waals surface area (Å²) < 4.78 is 5.61. The van der Waals surface area contributed by atoms with Crippen LogP contribution >= 0.6 is 0 Å². The van der Waals surface area contributed by atoms with E-state index in [1.54, 1.807) is 0 Å². The first-order valence-electron chi connectivity index (χ1n) is 10.3. The van der Waals surface area contributed by atoms with E-state index in [9.17, 15) is 9.59 Å². The molecule has 4 nitrogen and oxygen atoms in total. The van der Waals surface area contributed by atoms with E-state index < -0.39 is 0 Å². The Hall–Kier alpha value is -1.84. The van der Waals surface area contributed by atoms with E-state index in [0.29, 0.717) is 24.8 Å². The first-order valence-corrected chi connectivity index (χ1v) is 10.3. The van der Waals surface area contributed by atoms with E-state index in [4.69, 9.17) is 4.74 Å². The molecule has 1 aliphatic heterocycles. The molecule has 0 atom stereocenters. The monoisotopic (exact) mass is 355 g/mol. The standard InChI is InChI=1S/C22H29NO3/c24-21(18-6-7-18)23-14-12-19(13-15-23)22(25)26-20-10-8-17(9-11-20)16-4-2-1-3-5-16/h8-11,16,18-19H,1-7,12-15H2. The van der Waals surface area contributed by atoms with Crippen LogP contribution in [0.1, 0.15) is 69.3 Å². The van der Waals surface area contributed by atoms with Crippen LogP contribution in [0.4, 0.5) is 0 Å². The summed E-state index contributed by atoms with van der Waals surface area (Å²) in [6, 6.07) is 8.12. The molecule has 0 aromatic heterocycles. The Bertz CT molecular complexity index is 636. The minimum Gasteiger partial charge on any atom is -0.426 e. The topological polar surface area (TPSA) is 46.6 Å². The summed E-state index contributed by atoms with van der Waals surface area (Å²) in [6.07, 6.45) is 10.1. The zero-order valence-electron chi connectivity index (χ0n) is 15.5. The number of ether oxygens (including phenoxy) is 1. The predicted octanol–water partition coefficient (Wildman–Crippen LogP) is 4.29. The van der Waals surface area contributed by atoms with Crippen LogP contribution in [0.5, 0.6) is 5.75 Å². The second-order valence-electron chi connectivity index (χ2n) is 8.20. The van der Waals surface area contributed by atoms with Gasteiger partial charge in [0.15, 0.2) is 0 Å². The fraction of sp³-hybridized carbons (Fsp3) is 0.636. The van der Waals surface area contributed by atoms with Gasteiger partial charge in [0.25, 0.3) is 0 Å². The molecule has 26 heavy (non-hydrogen) atoms. The molecule has 3 fully saturated rings. The molecule has 0 bridgehead atoms. The van der Waals surface area contributed by atoms with Gasteiger partial charge in [-0.15, -0.1) is 0 Å². The van der Waals surface area contributed by atoms with Crippen LogP contribution in [0.15, 0.2) is 24.3 Å². The first kappa shape index (κ1) is 17.6. The Morgan fingerprint density at radius 3 is 2.08 bits per heavy atom. The van der Waals surface area contributed by atoms with Gasteiger partial charge in [-0.1, -0.05) is 31.4 Å². The van der Waals surface area contributed by atoms with Gasteiger partial charge in [-0.2, -0.15) is 0 Å². The number of piperidine rings is 1. The van der Waals surface area contributed by atoms with Gasteiger partial charge in [0.2, 0.25) is 5.91 Å². The van der Waals surface area contributed by atoms with Crippen molar-refractivity contribution in [2.24, 2.45) is 11.8 Å². The summed E-state index contributed by atoms with van der Waals surface area (Å²) in [5, 5.41) is 0. The molecule has 3 aliphatic rings. The molecule has 0 N–H and O–H groups in total. The number of likely N-dealkylation sites (tertiary alicyclic amines) is 1. The zero-order chi connectivity index (χ0) is 17.9. The number of esters is 1. The molecule has 4 rings (SSSR count). The van der Waals surface area contributed by atoms with Gasteiger partial charge in [0, 0.05) is 19.0 Å². The lowest BCUT2D eigenvalue weighted by Gasteiger charge is -2.31. The first-order chi connectivity index (χ1) is 12.7. The third-order valence-corrected chi connectivity index (χ3v) is 6.24. The van der Waals surface area contributed by atoms with Gasteiger partial charge in [-0.25, -0.2) is 0 Å². The molecule has 2 aliphatic carbocycles. The smallest absolute Gasteiger partial charge is 0.314 e. The van der Waals surface area contributed by atoms with Crippen molar-refractivity contribution in [1.82, 2.24) is 4.90 Å². The molecule has 1 aromatic rings. The highest BCUT2D eigenvalue weighted by molar-refractivity contribution is 5.81. The Morgan fingerprint density at radius 2 is 1.46 bits per heavy atom. The summed E-state index contributed by atoms with van der Waals surface area (Å²) in [5.41, 5.74) is 1.37. The molecule has 2 saturated carbocycles. The van der Waals surface area contributed by atoms with Crippen LogP contribution < -0.4 is 4.74 Å². The summed E-state index contributed by atoms with van der Waals surface area (Å²) in [5.74, 6) is 1.63. The van der Waals surface area contributed by atoms with Crippen LogP contribution in [0.3, 0.4) is 0 Å². The number of carbonyl (C=O) groups excluding carboxylic acids is 2. The van der Waals surface area contributed by atoms with E-state index in [-0.39, 0.29) is 23.7 Å². The molecule has 4 heteroatoms. The van der Waals surface area contributed by atoms with Crippen molar-refractivity contribution in [2.75, 3.05) is 13.1 Å². The van der Waals surface area contributed by atoms with Crippen molar-refractivity contribution in [3.63, 3.8) is 0 Å². The Balaban J connectivity index is 1.27. The number of amides is 1. The number of hydrogen-bond acceptors (Lipinski definition) is 3. The molecular weight excluding hydrogens is 326 g/mol. The number of hydrogen-bond donors (Lipinski definition) is 0. The number of carbonyl (C=O) groups is 2. The zero-order valence-corrected chi connectivity index (χ0v) is 15.5. The molecule has 1 amide bonds. The number of benzene rings is 1. The highest BCUT2D eigenvalue weighted by Crippen LogP contribution is 2.34. The molecular formula is C22H29NO3. The Kier molecular flexibility index (Phi) is 5.28. The van der Waals surface area contributed by atoms with Crippen molar-refractivity contribution in [3.8, 4) is 5.75 Å². The minimum atomic E-state index is -0.145. The van der Waals surface area contributed by atoms with Gasteiger partial charge in [0.1, 0.15) is 5.75 Å². The van der Waals surface area contributed by atoms with Crippen molar-refractivity contribution >= 4 is 11.9 Å². The van der Waals surface area contributed by atoms with E-state index in [1.807, 2.05) is 17.0 Å². The minimum absolute atomic E-state index is 0.0868. The maximum atomic E-state index is 12.5. The third-order valence-electron chi connectivity index (χ3n) is 6.24. The number of rotatable bonds is 4. The lowest BCUT2D eigenvalue weighted by Crippen LogP contribution is -2.41. The van der Waals surface area contributed by atoms with Crippen LogP contribution in [-0.4, -0.2) is 29.9 Å². The molecule has 140 valence electrons. The van der Waals surface area contributed by atoms with E-state index in [1.165, 1.54) is 37.7 Å². The van der Waals surface area contributed by atoms with E-state index in [0.717, 1.165) is 25.7 Å². The van der Waals surface area contributed by atoms with Crippen LogP contribution in [-0.2, 0) is 9.59 Å². The van der Waals surface area contributed by atoms with Crippen LogP contribution in [0.2, 0.25) is 0 Å². The summed E-state index contributed by atoms with van der Waals surface area (Å²) in [7, 11) is 0. The largest absolute Gasteiger partial charge is 0.426 e. The molecule has 0 spiro atoms.